The monoisotopic (exact) mass is 344 g/mol. The van der Waals surface area contributed by atoms with E-state index in [0.29, 0.717) is 0 Å². The molecule has 2 atom stereocenters. The van der Waals surface area contributed by atoms with Crippen molar-refractivity contribution in [3.05, 3.63) is 0 Å². The fourth-order valence-corrected chi connectivity index (χ4v) is 2.16. The first-order valence-electron chi connectivity index (χ1n) is 3.18. The van der Waals surface area contributed by atoms with Crippen molar-refractivity contribution in [1.29, 1.82) is 0 Å². The Morgan fingerprint density at radius 3 is 1.82 bits per heavy atom. The Kier molecular flexibility index (Phi) is 17.1. The summed E-state index contributed by atoms with van der Waals surface area (Å²) in [6.07, 6.45) is -1.31. The fraction of sp³-hybridized carbons (Fsp3) is 1.00. The van der Waals surface area contributed by atoms with Gasteiger partial charge in [-0.2, -0.15) is 16.8 Å². The van der Waals surface area contributed by atoms with Gasteiger partial charge in [0.25, 0.3) is 21.5 Å². The summed E-state index contributed by atoms with van der Waals surface area (Å²) in [6, 6.07) is 0. The van der Waals surface area contributed by atoms with E-state index >= 15 is 0 Å². The second-order valence-electron chi connectivity index (χ2n) is 2.05. The molecule has 0 heterocycles. The first-order valence-corrected chi connectivity index (χ1v) is 7.39. The van der Waals surface area contributed by atoms with E-state index < -0.39 is 44.7 Å². The summed E-state index contributed by atoms with van der Waals surface area (Å²) in [5, 5.41) is 8.73. The van der Waals surface area contributed by atoms with Crippen molar-refractivity contribution in [2.45, 2.75) is 6.10 Å². The van der Waals surface area contributed by atoms with Crippen LogP contribution in [0.25, 0.3) is 0 Å². The van der Waals surface area contributed by atoms with Gasteiger partial charge in [0.1, 0.15) is 5.75 Å². The molecule has 0 aromatic rings. The first-order chi connectivity index (χ1) is 7.10. The zero-order chi connectivity index (χ0) is 13.4. The van der Waals surface area contributed by atoms with Gasteiger partial charge in [-0.05, 0) is 0 Å². The van der Waals surface area contributed by atoms with Gasteiger partial charge in [0.05, 0.1) is 6.10 Å². The molecule has 0 aromatic carbocycles. The molecule has 9 nitrogen and oxygen atoms in total. The molecule has 0 aromatic heterocycles. The van der Waals surface area contributed by atoms with Crippen molar-refractivity contribution in [1.82, 2.24) is 0 Å². The van der Waals surface area contributed by atoms with Crippen LogP contribution in [0, 0.1) is 0 Å². The van der Waals surface area contributed by atoms with Gasteiger partial charge in [-0.25, -0.2) is 0 Å². The Balaban J connectivity index is -0.000000340. The Labute approximate surface area is 130 Å². The second kappa shape index (κ2) is 12.4. The van der Waals surface area contributed by atoms with Crippen LogP contribution in [-0.4, -0.2) is 82.9 Å². The van der Waals surface area contributed by atoms with Crippen LogP contribution >= 0.6 is 11.6 Å². The third-order valence-corrected chi connectivity index (χ3v) is 3.18. The van der Waals surface area contributed by atoms with E-state index in [4.69, 9.17) is 34.6 Å². The normalized spacial score (nSPS) is 14.2. The summed E-state index contributed by atoms with van der Waals surface area (Å²) in [7, 11) is -4.18. The molecule has 4 N–H and O–H groups in total. The van der Waals surface area contributed by atoms with E-state index in [0.717, 1.165) is 0 Å². The molecule has 0 spiro atoms. The van der Waals surface area contributed by atoms with Gasteiger partial charge in [0.2, 0.25) is 0 Å². The number of aliphatic hydroxyl groups excluding tert-OH is 1. The van der Waals surface area contributed by atoms with Crippen LogP contribution in [0.3, 0.4) is 0 Å². The van der Waals surface area contributed by atoms with Crippen molar-refractivity contribution >= 4 is 74.0 Å². The second-order valence-corrected chi connectivity index (χ2v) is 5.25. The summed E-state index contributed by atoms with van der Waals surface area (Å²) >= 11 is -0.420. The van der Waals surface area contributed by atoms with Gasteiger partial charge in [-0.3, -0.25) is 13.7 Å². The summed E-state index contributed by atoms with van der Waals surface area (Å²) < 4.78 is 65.6. The van der Waals surface area contributed by atoms with E-state index in [1.165, 1.54) is 0 Å². The van der Waals surface area contributed by atoms with Crippen molar-refractivity contribution < 1.29 is 39.2 Å². The van der Waals surface area contributed by atoms with E-state index in [9.17, 15) is 12.6 Å². The molecule has 17 heavy (non-hydrogen) atoms. The maximum absolute atomic E-state index is 10.6. The van der Waals surface area contributed by atoms with Crippen LogP contribution in [-0.2, 0) is 36.5 Å². The number of alkyl halides is 1. The standard InChI is InChI=1S/C3H7ClO6S2.Na.H2O3S.H/c4-1-3(5)2-12(8,9)10-11(6)7;;1-4(2)3;/h3,5H,1-2H2,(H,6,7);;(H2,1,2,3);. The van der Waals surface area contributed by atoms with E-state index in [2.05, 4.69) is 3.63 Å². The minimum atomic E-state index is -4.18. The third kappa shape index (κ3) is 22.9. The summed E-state index contributed by atoms with van der Waals surface area (Å²) in [5.74, 6) is -1.09. The average molecular weight is 345 g/mol. The van der Waals surface area contributed by atoms with E-state index in [-0.39, 0.29) is 35.4 Å². The SMILES string of the molecule is O=S(O)O.O=S(O)OS(=O)(=O)CC(O)CCl.[NaH]. The first kappa shape index (κ1) is 23.4. The Hall–Kier alpha value is 1.34. The Morgan fingerprint density at radius 2 is 1.59 bits per heavy atom. The van der Waals surface area contributed by atoms with Crippen LogP contribution < -0.4 is 0 Å². The number of aliphatic hydroxyl groups is 1. The number of hydrogen-bond acceptors (Lipinski definition) is 6. The van der Waals surface area contributed by atoms with Gasteiger partial charge in [0.15, 0.2) is 0 Å². The molecular formula is C3H10ClNaO9S3. The molecule has 0 amide bonds. The zero-order valence-corrected chi connectivity index (χ0v) is 10.6. The van der Waals surface area contributed by atoms with Gasteiger partial charge in [-0.15, -0.1) is 15.2 Å². The van der Waals surface area contributed by atoms with Gasteiger partial charge >= 0.3 is 40.9 Å². The molecule has 0 rings (SSSR count). The molecule has 0 bridgehead atoms. The Bertz CT molecular complexity index is 326. The van der Waals surface area contributed by atoms with Gasteiger partial charge in [0, 0.05) is 5.88 Å². The third-order valence-electron chi connectivity index (χ3n) is 0.737. The van der Waals surface area contributed by atoms with Gasteiger partial charge in [-0.1, -0.05) is 0 Å². The molecule has 102 valence electrons. The summed E-state index contributed by atoms with van der Waals surface area (Å²) in [5.41, 5.74) is 0. The minimum absolute atomic E-state index is 0. The molecule has 0 saturated heterocycles. The van der Waals surface area contributed by atoms with E-state index in [1.54, 1.807) is 0 Å². The predicted molar refractivity (Wildman–Crippen MR) is 62.9 cm³/mol. The molecule has 0 radical (unpaired) electrons. The van der Waals surface area contributed by atoms with Crippen molar-refractivity contribution in [3.8, 4) is 0 Å². The van der Waals surface area contributed by atoms with Crippen molar-refractivity contribution in [2.75, 3.05) is 11.6 Å². The van der Waals surface area contributed by atoms with Crippen LogP contribution in [0.1, 0.15) is 0 Å². The molecular weight excluding hydrogens is 335 g/mol. The zero-order valence-electron chi connectivity index (χ0n) is 7.42. The molecule has 0 fully saturated rings. The maximum atomic E-state index is 10.6. The molecule has 0 aliphatic carbocycles. The number of halogens is 1. The van der Waals surface area contributed by atoms with Crippen LogP contribution in [0.15, 0.2) is 0 Å². The number of rotatable bonds is 5. The Morgan fingerprint density at radius 1 is 1.24 bits per heavy atom. The van der Waals surface area contributed by atoms with Crippen LogP contribution in [0.5, 0.6) is 0 Å². The molecule has 2 unspecified atom stereocenters. The summed E-state index contributed by atoms with van der Waals surface area (Å²) in [6.45, 7) is 0. The predicted octanol–water partition coefficient (Wildman–Crippen LogP) is -1.90. The molecule has 0 aliphatic heterocycles. The topological polar surface area (TPSA) is 158 Å². The molecule has 0 aliphatic rings. The van der Waals surface area contributed by atoms with E-state index in [1.807, 2.05) is 0 Å². The van der Waals surface area contributed by atoms with Gasteiger partial charge < -0.3 is 5.11 Å². The summed E-state index contributed by atoms with van der Waals surface area (Å²) in [4.78, 5) is 0. The fourth-order valence-electron chi connectivity index (χ4n) is 0.397. The van der Waals surface area contributed by atoms with Crippen LogP contribution in [0.2, 0.25) is 0 Å². The average Bonchev–Trinajstić information content (AvgIpc) is 1.99. The molecule has 0 saturated carbocycles. The van der Waals surface area contributed by atoms with Crippen molar-refractivity contribution in [2.24, 2.45) is 0 Å². The molecule has 14 heteroatoms. The van der Waals surface area contributed by atoms with Crippen molar-refractivity contribution in [3.63, 3.8) is 0 Å². The van der Waals surface area contributed by atoms with Crippen LogP contribution in [0.4, 0.5) is 0 Å². The number of hydrogen-bond donors (Lipinski definition) is 4. The quantitative estimate of drug-likeness (QED) is 0.254.